The minimum absolute atomic E-state index is 0.173. The highest BCUT2D eigenvalue weighted by molar-refractivity contribution is 6.32. The number of nitrogens with zero attached hydrogens (tertiary/aromatic N) is 1. The fourth-order valence-electron chi connectivity index (χ4n) is 1.21. The number of anilines is 1. The summed E-state index contributed by atoms with van der Waals surface area (Å²) in [5, 5.41) is 28.3. The predicted molar refractivity (Wildman–Crippen MR) is 68.4 cm³/mol. The van der Waals surface area contributed by atoms with E-state index in [0.29, 0.717) is 0 Å². The number of nitro groups is 1. The minimum Gasteiger partial charge on any atom is -0.504 e. The van der Waals surface area contributed by atoms with Gasteiger partial charge in [-0.05, 0) is 0 Å². The van der Waals surface area contributed by atoms with Crippen molar-refractivity contribution in [2.75, 3.05) is 5.43 Å². The molecule has 0 atom stereocenters. The smallest absolute Gasteiger partial charge is 0.303 e. The number of nitrogens with one attached hydrogen (secondary N) is 2. The average molecular weight is 304 g/mol. The van der Waals surface area contributed by atoms with Crippen molar-refractivity contribution in [3.05, 3.63) is 27.3 Å². The van der Waals surface area contributed by atoms with Gasteiger partial charge in [-0.15, -0.1) is 0 Å². The summed E-state index contributed by atoms with van der Waals surface area (Å²) in [4.78, 5) is 31.4. The Hall–Kier alpha value is -2.55. The molecule has 20 heavy (non-hydrogen) atoms. The first kappa shape index (κ1) is 15.5. The molecular formula is C10H10ClN3O6. The van der Waals surface area contributed by atoms with E-state index in [-0.39, 0.29) is 29.2 Å². The molecule has 0 fully saturated rings. The molecule has 4 N–H and O–H groups in total. The van der Waals surface area contributed by atoms with Gasteiger partial charge in [0.2, 0.25) is 5.91 Å². The molecule has 0 aliphatic rings. The minimum atomic E-state index is -1.14. The lowest BCUT2D eigenvalue weighted by atomic mass is 10.2. The topological polar surface area (TPSA) is 142 Å². The van der Waals surface area contributed by atoms with Gasteiger partial charge in [0.15, 0.2) is 5.75 Å². The molecule has 9 nitrogen and oxygen atoms in total. The largest absolute Gasteiger partial charge is 0.504 e. The zero-order valence-corrected chi connectivity index (χ0v) is 10.7. The maximum atomic E-state index is 11.3. The Balaban J connectivity index is 2.74. The number of aromatic hydroxyl groups is 1. The van der Waals surface area contributed by atoms with Crippen LogP contribution in [0.5, 0.6) is 5.75 Å². The van der Waals surface area contributed by atoms with E-state index in [1.807, 2.05) is 0 Å². The summed E-state index contributed by atoms with van der Waals surface area (Å²) in [7, 11) is 0. The molecule has 0 bridgehead atoms. The van der Waals surface area contributed by atoms with Crippen LogP contribution in [-0.2, 0) is 9.59 Å². The third-order valence-electron chi connectivity index (χ3n) is 2.16. The summed E-state index contributed by atoms with van der Waals surface area (Å²) in [6.45, 7) is 0. The van der Waals surface area contributed by atoms with Crippen molar-refractivity contribution in [3.8, 4) is 5.75 Å². The number of non-ortho nitro benzene ring substituents is 1. The maximum absolute atomic E-state index is 11.3. The van der Waals surface area contributed by atoms with E-state index < -0.39 is 22.5 Å². The Bertz CT molecular complexity index is 562. The number of aliphatic carboxylic acids is 1. The van der Waals surface area contributed by atoms with Crippen LogP contribution in [0.3, 0.4) is 0 Å². The molecule has 108 valence electrons. The van der Waals surface area contributed by atoms with Crippen molar-refractivity contribution < 1.29 is 24.7 Å². The van der Waals surface area contributed by atoms with E-state index in [1.165, 1.54) is 0 Å². The van der Waals surface area contributed by atoms with Crippen molar-refractivity contribution in [3.63, 3.8) is 0 Å². The normalized spacial score (nSPS) is 9.85. The van der Waals surface area contributed by atoms with Gasteiger partial charge in [-0.1, -0.05) is 11.6 Å². The van der Waals surface area contributed by atoms with Crippen molar-refractivity contribution in [2.24, 2.45) is 0 Å². The van der Waals surface area contributed by atoms with Gasteiger partial charge in [0.1, 0.15) is 5.69 Å². The molecule has 0 saturated heterocycles. The van der Waals surface area contributed by atoms with Crippen LogP contribution in [0.25, 0.3) is 0 Å². The van der Waals surface area contributed by atoms with Gasteiger partial charge in [0.25, 0.3) is 5.69 Å². The van der Waals surface area contributed by atoms with Crippen LogP contribution in [0.1, 0.15) is 12.8 Å². The molecule has 0 aromatic heterocycles. The fourth-order valence-corrected chi connectivity index (χ4v) is 1.42. The van der Waals surface area contributed by atoms with E-state index in [9.17, 15) is 24.8 Å². The fraction of sp³-hybridized carbons (Fsp3) is 0.200. The van der Waals surface area contributed by atoms with E-state index in [1.54, 1.807) is 0 Å². The van der Waals surface area contributed by atoms with E-state index in [2.05, 4.69) is 10.9 Å². The number of hydrogen-bond acceptors (Lipinski definition) is 6. The molecule has 0 unspecified atom stereocenters. The third-order valence-corrected chi connectivity index (χ3v) is 2.45. The first-order chi connectivity index (χ1) is 9.31. The second kappa shape index (κ2) is 6.57. The number of carboxylic acid groups (broad SMARTS) is 1. The van der Waals surface area contributed by atoms with Crippen molar-refractivity contribution in [1.82, 2.24) is 5.43 Å². The number of amides is 1. The zero-order chi connectivity index (χ0) is 15.3. The molecule has 0 aliphatic carbocycles. The quantitative estimate of drug-likeness (QED) is 0.352. The molecule has 1 aromatic rings. The van der Waals surface area contributed by atoms with Gasteiger partial charge in [0, 0.05) is 18.6 Å². The Morgan fingerprint density at radius 2 is 2.00 bits per heavy atom. The number of carbonyl (C=O) groups is 2. The number of phenolic OH excluding ortho intramolecular Hbond substituents is 1. The SMILES string of the molecule is O=C(O)CCC(=O)NNc1cc([N+](=O)[O-])cc(Cl)c1O. The van der Waals surface area contributed by atoms with Crippen molar-refractivity contribution in [2.45, 2.75) is 12.8 Å². The van der Waals surface area contributed by atoms with Crippen LogP contribution < -0.4 is 10.9 Å². The molecule has 0 heterocycles. The summed E-state index contributed by atoms with van der Waals surface area (Å²) in [5.74, 6) is -2.27. The monoisotopic (exact) mass is 303 g/mol. The second-order valence-corrected chi connectivity index (χ2v) is 4.05. The number of benzene rings is 1. The molecule has 10 heteroatoms. The number of hydrazine groups is 1. The van der Waals surface area contributed by atoms with Gasteiger partial charge in [-0.3, -0.25) is 30.6 Å². The van der Waals surface area contributed by atoms with Crippen molar-refractivity contribution >= 4 is 34.9 Å². The summed E-state index contributed by atoms with van der Waals surface area (Å²) in [6, 6.07) is 1.92. The first-order valence-electron chi connectivity index (χ1n) is 5.25. The zero-order valence-electron chi connectivity index (χ0n) is 9.92. The molecule has 0 saturated carbocycles. The lowest BCUT2D eigenvalue weighted by molar-refractivity contribution is -0.384. The molecule has 1 amide bonds. The highest BCUT2D eigenvalue weighted by atomic mass is 35.5. The van der Waals surface area contributed by atoms with Crippen LogP contribution >= 0.6 is 11.6 Å². The number of carbonyl (C=O) groups excluding carboxylic acids is 1. The van der Waals surface area contributed by atoms with Gasteiger partial charge in [-0.25, -0.2) is 0 Å². The van der Waals surface area contributed by atoms with Crippen LogP contribution in [0, 0.1) is 10.1 Å². The lowest BCUT2D eigenvalue weighted by Crippen LogP contribution is -2.29. The van der Waals surface area contributed by atoms with E-state index >= 15 is 0 Å². The summed E-state index contributed by atoms with van der Waals surface area (Å²) >= 11 is 5.60. The summed E-state index contributed by atoms with van der Waals surface area (Å²) in [5.41, 5.74) is 3.78. The average Bonchev–Trinajstić information content (AvgIpc) is 2.37. The standard InChI is InChI=1S/C10H10ClN3O6/c11-6-3-5(14(19)20)4-7(10(6)18)12-13-8(15)1-2-9(16)17/h3-4,12,18H,1-2H2,(H,13,15)(H,16,17). The van der Waals surface area contributed by atoms with Crippen molar-refractivity contribution in [1.29, 1.82) is 0 Å². The number of hydrogen-bond donors (Lipinski definition) is 4. The highest BCUT2D eigenvalue weighted by Gasteiger charge is 2.15. The Kier molecular flexibility index (Phi) is 5.09. The van der Waals surface area contributed by atoms with Crippen LogP contribution in [0.2, 0.25) is 5.02 Å². The predicted octanol–water partition coefficient (Wildman–Crippen LogP) is 1.26. The Morgan fingerprint density at radius 3 is 2.55 bits per heavy atom. The molecular weight excluding hydrogens is 294 g/mol. The van der Waals surface area contributed by atoms with Gasteiger partial charge in [0.05, 0.1) is 16.4 Å². The molecule has 1 rings (SSSR count). The summed E-state index contributed by atoms with van der Waals surface area (Å²) < 4.78 is 0. The van der Waals surface area contributed by atoms with Gasteiger partial charge >= 0.3 is 5.97 Å². The van der Waals surface area contributed by atoms with Gasteiger partial charge in [-0.2, -0.15) is 0 Å². The van der Waals surface area contributed by atoms with Crippen LogP contribution in [0.15, 0.2) is 12.1 Å². The second-order valence-electron chi connectivity index (χ2n) is 3.65. The van der Waals surface area contributed by atoms with Gasteiger partial charge < -0.3 is 10.2 Å². The summed E-state index contributed by atoms with van der Waals surface area (Å²) in [6.07, 6.45) is -0.652. The molecule has 0 radical (unpaired) electrons. The van der Waals surface area contributed by atoms with Crippen LogP contribution in [-0.4, -0.2) is 27.0 Å². The molecule has 0 spiro atoms. The highest BCUT2D eigenvalue weighted by Crippen LogP contribution is 2.35. The Labute approximate surface area is 117 Å². The number of phenols is 1. The van der Waals surface area contributed by atoms with Crippen LogP contribution in [0.4, 0.5) is 11.4 Å². The third kappa shape index (κ3) is 4.28. The van der Waals surface area contributed by atoms with E-state index in [4.69, 9.17) is 16.7 Å². The number of halogens is 1. The molecule has 1 aromatic carbocycles. The molecule has 0 aliphatic heterocycles. The Morgan fingerprint density at radius 1 is 1.35 bits per heavy atom. The maximum Gasteiger partial charge on any atom is 0.303 e. The number of carboxylic acids is 1. The van der Waals surface area contributed by atoms with E-state index in [0.717, 1.165) is 12.1 Å². The first-order valence-corrected chi connectivity index (χ1v) is 5.62. The lowest BCUT2D eigenvalue weighted by Gasteiger charge is -2.10. The number of rotatable bonds is 6. The number of nitro benzene ring substituents is 1.